The van der Waals surface area contributed by atoms with E-state index in [4.69, 9.17) is 11.2 Å². The maximum Gasteiger partial charge on any atom is 0.410 e. The molecule has 0 unspecified atom stereocenters. The van der Waals surface area contributed by atoms with Crippen LogP contribution in [0.25, 0.3) is 0 Å². The lowest BCUT2D eigenvalue weighted by Crippen LogP contribution is -3.00. The molecule has 1 aromatic rings. The Morgan fingerprint density at radius 3 is 2.50 bits per heavy atom. The van der Waals surface area contributed by atoms with Crippen LogP contribution in [-0.2, 0) is 11.3 Å². The van der Waals surface area contributed by atoms with Crippen molar-refractivity contribution in [1.82, 2.24) is 4.90 Å². The number of ether oxygens (including phenoxy) is 1. The molecule has 0 saturated carbocycles. The molecule has 1 aliphatic rings. The summed E-state index contributed by atoms with van der Waals surface area (Å²) in [6.07, 6.45) is 5.36. The van der Waals surface area contributed by atoms with Crippen LogP contribution < -0.4 is 12.4 Å². The Labute approximate surface area is 139 Å². The summed E-state index contributed by atoms with van der Waals surface area (Å²) in [5, 5.41) is 0. The summed E-state index contributed by atoms with van der Waals surface area (Å²) in [4.78, 5) is 13.6. The molecule has 0 spiro atoms. The zero-order valence-corrected chi connectivity index (χ0v) is 13.8. The van der Waals surface area contributed by atoms with Gasteiger partial charge in [0.15, 0.2) is 0 Å². The number of rotatable bonds is 4. The van der Waals surface area contributed by atoms with Gasteiger partial charge in [-0.1, -0.05) is 30.3 Å². The van der Waals surface area contributed by atoms with Crippen molar-refractivity contribution in [3.05, 3.63) is 35.9 Å². The van der Waals surface area contributed by atoms with Gasteiger partial charge in [-0.25, -0.2) is 4.79 Å². The van der Waals surface area contributed by atoms with Crippen molar-refractivity contribution in [3.8, 4) is 12.3 Å². The maximum absolute atomic E-state index is 11.8. The number of carbonyl (C=O) groups is 1. The molecule has 4 nitrogen and oxygen atoms in total. The summed E-state index contributed by atoms with van der Waals surface area (Å²) in [5.41, 5.74) is 1.29. The standard InChI is InChI=1S/C17H23N2O2.ClH/c1-3-12-19(15-16-8-6-5-7-9-16)13-10-18(11-14-19)17(20)21-4-2;/h1,5-9H,4,10-15H2,2H3;1H/q+1;/p-1. The first-order chi connectivity index (χ1) is 10.2. The van der Waals surface area contributed by atoms with Gasteiger partial charge in [0.25, 0.3) is 0 Å². The van der Waals surface area contributed by atoms with E-state index in [0.717, 1.165) is 24.1 Å². The molecule has 5 heteroatoms. The molecule has 0 atom stereocenters. The van der Waals surface area contributed by atoms with E-state index in [1.54, 1.807) is 4.90 Å². The lowest BCUT2D eigenvalue weighted by molar-refractivity contribution is -0.937. The number of terminal acetylenes is 1. The molecule has 1 amide bonds. The molecule has 0 aromatic heterocycles. The van der Waals surface area contributed by atoms with E-state index < -0.39 is 0 Å². The van der Waals surface area contributed by atoms with Crippen molar-refractivity contribution < 1.29 is 26.4 Å². The smallest absolute Gasteiger partial charge is 0.410 e. The minimum atomic E-state index is -0.212. The minimum Gasteiger partial charge on any atom is -1.00 e. The third-order valence-corrected chi connectivity index (χ3v) is 4.00. The van der Waals surface area contributed by atoms with Crippen molar-refractivity contribution in [2.24, 2.45) is 0 Å². The number of piperazine rings is 1. The number of hydrogen-bond acceptors (Lipinski definition) is 2. The summed E-state index contributed by atoms with van der Waals surface area (Å²) < 4.78 is 5.91. The van der Waals surface area contributed by atoms with Crippen molar-refractivity contribution in [2.75, 3.05) is 39.3 Å². The molecule has 1 fully saturated rings. The lowest BCUT2D eigenvalue weighted by atomic mass is 10.1. The van der Waals surface area contributed by atoms with Crippen LogP contribution in [0.3, 0.4) is 0 Å². The van der Waals surface area contributed by atoms with Gasteiger partial charge < -0.3 is 21.6 Å². The van der Waals surface area contributed by atoms with E-state index >= 15 is 0 Å². The van der Waals surface area contributed by atoms with Gasteiger partial charge in [-0.3, -0.25) is 4.90 Å². The first-order valence-electron chi connectivity index (χ1n) is 7.43. The highest BCUT2D eigenvalue weighted by Gasteiger charge is 2.34. The number of carbonyl (C=O) groups excluding carboxylic acids is 1. The van der Waals surface area contributed by atoms with E-state index in [9.17, 15) is 4.79 Å². The predicted octanol–water partition coefficient (Wildman–Crippen LogP) is -0.887. The first-order valence-corrected chi connectivity index (χ1v) is 7.43. The highest BCUT2D eigenvalue weighted by atomic mass is 35.5. The van der Waals surface area contributed by atoms with Gasteiger partial charge in [-0.2, -0.15) is 0 Å². The molecule has 0 N–H and O–H groups in total. The predicted molar refractivity (Wildman–Crippen MR) is 82.4 cm³/mol. The van der Waals surface area contributed by atoms with Crippen molar-refractivity contribution in [3.63, 3.8) is 0 Å². The molecule has 1 heterocycles. The topological polar surface area (TPSA) is 29.5 Å². The Bertz CT molecular complexity index is 505. The summed E-state index contributed by atoms with van der Waals surface area (Å²) in [5.74, 6) is 2.81. The largest absolute Gasteiger partial charge is 1.00 e. The molecule has 1 aliphatic heterocycles. The average molecular weight is 323 g/mol. The summed E-state index contributed by atoms with van der Waals surface area (Å²) >= 11 is 0. The Kier molecular flexibility index (Phi) is 7.23. The zero-order valence-electron chi connectivity index (χ0n) is 13.0. The quantitative estimate of drug-likeness (QED) is 0.532. The van der Waals surface area contributed by atoms with Crippen LogP contribution in [-0.4, -0.2) is 54.8 Å². The number of hydrogen-bond donors (Lipinski definition) is 0. The Hall–Kier alpha value is -1.70. The van der Waals surface area contributed by atoms with E-state index in [2.05, 4.69) is 30.2 Å². The van der Waals surface area contributed by atoms with Crippen LogP contribution in [0.2, 0.25) is 0 Å². The summed E-state index contributed by atoms with van der Waals surface area (Å²) in [6.45, 7) is 7.02. The van der Waals surface area contributed by atoms with Crippen molar-refractivity contribution in [2.45, 2.75) is 13.5 Å². The first kappa shape index (κ1) is 18.3. The molecule has 0 aliphatic carbocycles. The van der Waals surface area contributed by atoms with Gasteiger partial charge in [0.2, 0.25) is 0 Å². The number of halogens is 1. The fourth-order valence-corrected chi connectivity index (χ4v) is 2.82. The Balaban J connectivity index is 0.00000242. The van der Waals surface area contributed by atoms with Crippen LogP contribution in [0.15, 0.2) is 30.3 Å². The van der Waals surface area contributed by atoms with Gasteiger partial charge in [-0.05, 0) is 12.8 Å². The second-order valence-electron chi connectivity index (χ2n) is 5.48. The number of nitrogens with zero attached hydrogens (tertiary/aromatic N) is 2. The van der Waals surface area contributed by atoms with Crippen LogP contribution in [0.4, 0.5) is 4.79 Å². The van der Waals surface area contributed by atoms with Crippen molar-refractivity contribution >= 4 is 6.09 Å². The third kappa shape index (κ3) is 4.66. The molecular formula is C17H23ClN2O2. The number of amides is 1. The number of benzene rings is 1. The Morgan fingerprint density at radius 1 is 1.32 bits per heavy atom. The molecule has 120 valence electrons. The number of quaternary nitrogens is 1. The highest BCUT2D eigenvalue weighted by molar-refractivity contribution is 5.67. The minimum absolute atomic E-state index is 0. The second kappa shape index (κ2) is 8.67. The van der Waals surface area contributed by atoms with E-state index in [0.29, 0.717) is 26.2 Å². The SMILES string of the molecule is C#CC[N+]1(Cc2ccccc2)CCN(C(=O)OCC)CC1.[Cl-]. The maximum atomic E-state index is 11.8. The van der Waals surface area contributed by atoms with Crippen LogP contribution in [0.5, 0.6) is 0 Å². The zero-order chi connectivity index (χ0) is 15.1. The van der Waals surface area contributed by atoms with Crippen LogP contribution >= 0.6 is 0 Å². The summed E-state index contributed by atoms with van der Waals surface area (Å²) in [7, 11) is 0. The van der Waals surface area contributed by atoms with Crippen molar-refractivity contribution in [1.29, 1.82) is 0 Å². The molecule has 1 saturated heterocycles. The highest BCUT2D eigenvalue weighted by Crippen LogP contribution is 2.18. The molecule has 2 rings (SSSR count). The van der Waals surface area contributed by atoms with Gasteiger partial charge >= 0.3 is 6.09 Å². The van der Waals surface area contributed by atoms with Gasteiger partial charge in [-0.15, -0.1) is 6.42 Å². The third-order valence-electron chi connectivity index (χ3n) is 4.00. The molecular weight excluding hydrogens is 300 g/mol. The monoisotopic (exact) mass is 322 g/mol. The molecule has 0 radical (unpaired) electrons. The molecule has 0 bridgehead atoms. The Morgan fingerprint density at radius 2 is 1.95 bits per heavy atom. The average Bonchev–Trinajstić information content (AvgIpc) is 2.49. The fourth-order valence-electron chi connectivity index (χ4n) is 2.82. The van der Waals surface area contributed by atoms with E-state index in [1.807, 2.05) is 13.0 Å². The van der Waals surface area contributed by atoms with Crippen LogP contribution in [0.1, 0.15) is 12.5 Å². The molecule has 22 heavy (non-hydrogen) atoms. The normalized spacial score (nSPS) is 16.3. The van der Waals surface area contributed by atoms with E-state index in [-0.39, 0.29) is 18.5 Å². The van der Waals surface area contributed by atoms with Gasteiger partial charge in [0, 0.05) is 5.56 Å². The lowest BCUT2D eigenvalue weighted by Gasteiger charge is -2.43. The summed E-state index contributed by atoms with van der Waals surface area (Å²) in [6, 6.07) is 10.4. The van der Waals surface area contributed by atoms with Gasteiger partial charge in [0.1, 0.15) is 13.1 Å². The molecule has 1 aromatic carbocycles. The van der Waals surface area contributed by atoms with Gasteiger partial charge in [0.05, 0.1) is 32.8 Å². The second-order valence-corrected chi connectivity index (χ2v) is 5.48. The fraction of sp³-hybridized carbons (Fsp3) is 0.471. The van der Waals surface area contributed by atoms with Crippen LogP contribution in [0, 0.1) is 12.3 Å². The van der Waals surface area contributed by atoms with E-state index in [1.165, 1.54) is 5.56 Å².